The summed E-state index contributed by atoms with van der Waals surface area (Å²) in [4.78, 5) is 52.1. The molecule has 0 aliphatic carbocycles. The molecule has 0 fully saturated rings. The molecule has 0 aliphatic rings. The van der Waals surface area contributed by atoms with Gasteiger partial charge < -0.3 is 16.4 Å². The van der Waals surface area contributed by atoms with Crippen LogP contribution in [-0.4, -0.2) is 39.5 Å². The molecule has 0 bridgehead atoms. The lowest BCUT2D eigenvalue weighted by atomic mass is 9.99. The molecule has 0 saturated heterocycles. The standard InChI is InChI=1S/C19H20F3N5O4/c1-10(2)14(15(29)19(20,21)22)26-13(28)9-27-16(11-6-4-3-5-7-11)24-8-12(17(27)30)25-18(23)31/h3-8,10,14H,9H2,1-2H3,(H,26,28)(H3,23,25,31). The molecular weight excluding hydrogens is 419 g/mol. The summed E-state index contributed by atoms with van der Waals surface area (Å²) in [6.45, 7) is 1.93. The first-order chi connectivity index (χ1) is 14.4. The van der Waals surface area contributed by atoms with Crippen molar-refractivity contribution in [3.05, 3.63) is 46.9 Å². The number of ketones is 1. The molecule has 31 heavy (non-hydrogen) atoms. The first-order valence-corrected chi connectivity index (χ1v) is 9.04. The summed E-state index contributed by atoms with van der Waals surface area (Å²) in [5.41, 5.74) is 4.27. The number of aromatic nitrogens is 2. The normalized spacial score (nSPS) is 12.3. The van der Waals surface area contributed by atoms with Crippen molar-refractivity contribution in [2.75, 3.05) is 5.32 Å². The number of primary amides is 1. The minimum absolute atomic E-state index is 0.0269. The highest BCUT2D eigenvalue weighted by Gasteiger charge is 2.45. The zero-order valence-corrected chi connectivity index (χ0v) is 16.6. The number of anilines is 1. The van der Waals surface area contributed by atoms with Crippen LogP contribution in [0.3, 0.4) is 0 Å². The summed E-state index contributed by atoms with van der Waals surface area (Å²) in [5, 5.41) is 4.10. The Morgan fingerprint density at radius 1 is 1.16 bits per heavy atom. The Bertz CT molecular complexity index is 1040. The molecule has 9 nitrogen and oxygen atoms in total. The molecule has 1 atom stereocenters. The first kappa shape index (κ1) is 23.6. The summed E-state index contributed by atoms with van der Waals surface area (Å²) in [7, 11) is 0. The molecule has 1 unspecified atom stereocenters. The average molecular weight is 439 g/mol. The molecule has 12 heteroatoms. The van der Waals surface area contributed by atoms with Crippen LogP contribution in [0.25, 0.3) is 11.4 Å². The van der Waals surface area contributed by atoms with Crippen LogP contribution in [0.2, 0.25) is 0 Å². The van der Waals surface area contributed by atoms with Gasteiger partial charge in [-0.3, -0.25) is 19.0 Å². The lowest BCUT2D eigenvalue weighted by Crippen LogP contribution is -2.51. The second-order valence-corrected chi connectivity index (χ2v) is 6.89. The fourth-order valence-electron chi connectivity index (χ4n) is 2.75. The molecule has 0 radical (unpaired) electrons. The van der Waals surface area contributed by atoms with Crippen LogP contribution in [0.4, 0.5) is 23.7 Å². The lowest BCUT2D eigenvalue weighted by Gasteiger charge is -2.23. The van der Waals surface area contributed by atoms with Gasteiger partial charge in [-0.05, 0) is 5.92 Å². The molecule has 166 valence electrons. The van der Waals surface area contributed by atoms with Gasteiger partial charge in [0.25, 0.3) is 11.3 Å². The van der Waals surface area contributed by atoms with Crippen LogP contribution in [0.15, 0.2) is 41.3 Å². The number of carbonyl (C=O) groups is 3. The van der Waals surface area contributed by atoms with Gasteiger partial charge in [-0.25, -0.2) is 9.78 Å². The highest BCUT2D eigenvalue weighted by atomic mass is 19.4. The molecule has 4 N–H and O–H groups in total. The molecule has 0 saturated carbocycles. The number of hydrogen-bond acceptors (Lipinski definition) is 5. The Morgan fingerprint density at radius 3 is 2.29 bits per heavy atom. The fourth-order valence-corrected chi connectivity index (χ4v) is 2.75. The predicted molar refractivity (Wildman–Crippen MR) is 105 cm³/mol. The van der Waals surface area contributed by atoms with Crippen molar-refractivity contribution in [3.8, 4) is 11.4 Å². The number of halogens is 3. The number of Topliss-reactive ketones (excluding diaryl/α,β-unsaturated/α-hetero) is 1. The number of nitrogens with two attached hydrogens (primary N) is 1. The van der Waals surface area contributed by atoms with E-state index in [1.54, 1.807) is 30.3 Å². The third-order valence-corrected chi connectivity index (χ3v) is 4.18. The van der Waals surface area contributed by atoms with E-state index in [1.807, 2.05) is 5.32 Å². The minimum atomic E-state index is -5.14. The maximum absolute atomic E-state index is 12.8. The third kappa shape index (κ3) is 5.90. The number of alkyl halides is 3. The van der Waals surface area contributed by atoms with E-state index in [4.69, 9.17) is 5.73 Å². The summed E-state index contributed by atoms with van der Waals surface area (Å²) < 4.78 is 39.4. The van der Waals surface area contributed by atoms with E-state index in [2.05, 4.69) is 10.3 Å². The zero-order valence-electron chi connectivity index (χ0n) is 16.6. The molecule has 1 aromatic carbocycles. The van der Waals surface area contributed by atoms with Gasteiger partial charge in [-0.2, -0.15) is 13.2 Å². The van der Waals surface area contributed by atoms with Crippen LogP contribution in [0, 0.1) is 5.92 Å². The zero-order chi connectivity index (χ0) is 23.3. The Labute approximate surface area is 174 Å². The fraction of sp³-hybridized carbons (Fsp3) is 0.316. The number of nitrogens with zero attached hydrogens (tertiary/aromatic N) is 2. The van der Waals surface area contributed by atoms with Gasteiger partial charge in [0, 0.05) is 5.56 Å². The number of amides is 3. The lowest BCUT2D eigenvalue weighted by molar-refractivity contribution is -0.174. The van der Waals surface area contributed by atoms with Crippen LogP contribution >= 0.6 is 0 Å². The van der Waals surface area contributed by atoms with E-state index in [1.165, 1.54) is 13.8 Å². The van der Waals surface area contributed by atoms with E-state index < -0.39 is 48.0 Å². The number of rotatable bonds is 7. The van der Waals surface area contributed by atoms with Gasteiger partial charge in [0.15, 0.2) is 0 Å². The topological polar surface area (TPSA) is 136 Å². The molecular formula is C19H20F3N5O4. The Morgan fingerprint density at radius 2 is 1.77 bits per heavy atom. The van der Waals surface area contributed by atoms with Crippen molar-refractivity contribution in [1.82, 2.24) is 14.9 Å². The van der Waals surface area contributed by atoms with Gasteiger partial charge in [0.1, 0.15) is 18.1 Å². The van der Waals surface area contributed by atoms with Crippen LogP contribution in [0.5, 0.6) is 0 Å². The third-order valence-electron chi connectivity index (χ3n) is 4.18. The summed E-state index contributed by atoms with van der Waals surface area (Å²) in [5.74, 6) is -3.95. The van der Waals surface area contributed by atoms with Crippen molar-refractivity contribution < 1.29 is 27.6 Å². The number of hydrogen-bond donors (Lipinski definition) is 3. The maximum atomic E-state index is 12.8. The predicted octanol–water partition coefficient (Wildman–Crippen LogP) is 1.67. The number of urea groups is 1. The van der Waals surface area contributed by atoms with Gasteiger partial charge in [0.2, 0.25) is 5.91 Å². The van der Waals surface area contributed by atoms with Gasteiger partial charge in [0.05, 0.1) is 12.2 Å². The van der Waals surface area contributed by atoms with Gasteiger partial charge >= 0.3 is 12.2 Å². The largest absolute Gasteiger partial charge is 0.452 e. The molecule has 3 amide bonds. The van der Waals surface area contributed by atoms with Crippen molar-refractivity contribution in [2.24, 2.45) is 11.7 Å². The quantitative estimate of drug-likeness (QED) is 0.603. The van der Waals surface area contributed by atoms with Crippen molar-refractivity contribution >= 4 is 23.4 Å². The molecule has 0 spiro atoms. The Hall–Kier alpha value is -3.70. The average Bonchev–Trinajstić information content (AvgIpc) is 2.68. The number of carbonyl (C=O) groups excluding carboxylic acids is 3. The van der Waals surface area contributed by atoms with E-state index in [9.17, 15) is 32.3 Å². The molecule has 2 rings (SSSR count). The van der Waals surface area contributed by atoms with E-state index in [0.717, 1.165) is 10.8 Å². The van der Waals surface area contributed by atoms with Crippen molar-refractivity contribution in [3.63, 3.8) is 0 Å². The van der Waals surface area contributed by atoms with Crippen LogP contribution in [0.1, 0.15) is 13.8 Å². The molecule has 2 aromatic rings. The summed E-state index contributed by atoms with van der Waals surface area (Å²) >= 11 is 0. The summed E-state index contributed by atoms with van der Waals surface area (Å²) in [6, 6.07) is 5.33. The maximum Gasteiger partial charge on any atom is 0.452 e. The Kier molecular flexibility index (Phi) is 7.16. The summed E-state index contributed by atoms with van der Waals surface area (Å²) in [6.07, 6.45) is -4.09. The van der Waals surface area contributed by atoms with Crippen LogP contribution in [-0.2, 0) is 16.1 Å². The van der Waals surface area contributed by atoms with E-state index in [-0.39, 0.29) is 11.5 Å². The van der Waals surface area contributed by atoms with Crippen molar-refractivity contribution in [1.29, 1.82) is 0 Å². The SMILES string of the molecule is CC(C)C(NC(=O)Cn1c(-c2ccccc2)ncc(NC(N)=O)c1=O)C(=O)C(F)(F)F. The van der Waals surface area contributed by atoms with Crippen LogP contribution < -0.4 is 21.9 Å². The second-order valence-electron chi connectivity index (χ2n) is 6.89. The number of nitrogens with one attached hydrogen (secondary N) is 2. The highest BCUT2D eigenvalue weighted by molar-refractivity contribution is 5.93. The molecule has 1 heterocycles. The van der Waals surface area contributed by atoms with Crippen molar-refractivity contribution in [2.45, 2.75) is 32.6 Å². The molecule has 0 aliphatic heterocycles. The smallest absolute Gasteiger partial charge is 0.351 e. The van der Waals surface area contributed by atoms with E-state index >= 15 is 0 Å². The van der Waals surface area contributed by atoms with E-state index in [0.29, 0.717) is 5.56 Å². The van der Waals surface area contributed by atoms with Gasteiger partial charge in [-0.15, -0.1) is 0 Å². The molecule has 1 aromatic heterocycles. The highest BCUT2D eigenvalue weighted by Crippen LogP contribution is 2.21. The second kappa shape index (κ2) is 9.41. The van der Waals surface area contributed by atoms with Gasteiger partial charge in [-0.1, -0.05) is 44.2 Å². The first-order valence-electron chi connectivity index (χ1n) is 9.04. The number of benzene rings is 1. The monoisotopic (exact) mass is 439 g/mol. The Balaban J connectivity index is 2.43. The minimum Gasteiger partial charge on any atom is -0.351 e.